The Morgan fingerprint density at radius 3 is 2.92 bits per heavy atom. The summed E-state index contributed by atoms with van der Waals surface area (Å²) in [7, 11) is 0. The van der Waals surface area contributed by atoms with Gasteiger partial charge in [-0.3, -0.25) is 0 Å². The van der Waals surface area contributed by atoms with Gasteiger partial charge >= 0.3 is 0 Å². The molecule has 0 fully saturated rings. The van der Waals surface area contributed by atoms with Crippen molar-refractivity contribution >= 4 is 38.5 Å². The third kappa shape index (κ3) is 2.60. The number of nitrogens with zero attached hydrogens (tertiary/aromatic N) is 1. The van der Waals surface area contributed by atoms with E-state index in [1.54, 1.807) is 0 Å². The number of thiazole rings is 1. The Morgan fingerprint density at radius 2 is 2.42 bits per heavy atom. The van der Waals surface area contributed by atoms with Crippen molar-refractivity contribution in [2.24, 2.45) is 0 Å². The summed E-state index contributed by atoms with van der Waals surface area (Å²) in [5, 5.41) is 1.64. The molecule has 1 aromatic heterocycles. The van der Waals surface area contributed by atoms with Gasteiger partial charge in [-0.2, -0.15) is 0 Å². The van der Waals surface area contributed by atoms with Gasteiger partial charge in [0.1, 0.15) is 0 Å². The highest BCUT2D eigenvalue weighted by molar-refractivity contribution is 9.09. The zero-order valence-electron chi connectivity index (χ0n) is 6.88. The molecule has 0 unspecified atom stereocenters. The topological polar surface area (TPSA) is 38.9 Å². The SMILES string of the molecule is Cc1nc(N)sc1C=CCCBr. The van der Waals surface area contributed by atoms with E-state index in [9.17, 15) is 0 Å². The van der Waals surface area contributed by atoms with Crippen molar-refractivity contribution in [3.05, 3.63) is 16.6 Å². The molecular weight excluding hydrogens is 236 g/mol. The fraction of sp³-hybridized carbons (Fsp3) is 0.375. The predicted octanol–water partition coefficient (Wildman–Crippen LogP) is 2.83. The summed E-state index contributed by atoms with van der Waals surface area (Å²) >= 11 is 4.89. The lowest BCUT2D eigenvalue weighted by Gasteiger charge is -1.85. The maximum atomic E-state index is 5.55. The number of rotatable bonds is 3. The van der Waals surface area contributed by atoms with Crippen molar-refractivity contribution in [2.45, 2.75) is 13.3 Å². The average molecular weight is 247 g/mol. The Balaban J connectivity index is 2.68. The molecule has 2 nitrogen and oxygen atoms in total. The van der Waals surface area contributed by atoms with Gasteiger partial charge in [0.2, 0.25) is 0 Å². The van der Waals surface area contributed by atoms with Gasteiger partial charge in [0, 0.05) is 5.33 Å². The van der Waals surface area contributed by atoms with Gasteiger partial charge in [-0.1, -0.05) is 33.3 Å². The standard InChI is InChI=1S/C8H11BrN2S/c1-6-7(4-2-3-5-9)12-8(10)11-6/h2,4H,3,5H2,1H3,(H2,10,11). The second-order valence-corrected chi connectivity index (χ2v) is 4.24. The number of aryl methyl sites for hydroxylation is 1. The second-order valence-electron chi connectivity index (χ2n) is 2.38. The van der Waals surface area contributed by atoms with Gasteiger partial charge in [0.15, 0.2) is 5.13 Å². The van der Waals surface area contributed by atoms with Crippen molar-refractivity contribution in [2.75, 3.05) is 11.1 Å². The summed E-state index contributed by atoms with van der Waals surface area (Å²) in [6, 6.07) is 0. The molecule has 66 valence electrons. The largest absolute Gasteiger partial charge is 0.375 e. The molecular formula is C8H11BrN2S. The van der Waals surface area contributed by atoms with E-state index < -0.39 is 0 Å². The van der Waals surface area contributed by atoms with E-state index in [1.165, 1.54) is 11.3 Å². The fourth-order valence-electron chi connectivity index (χ4n) is 0.838. The van der Waals surface area contributed by atoms with Crippen LogP contribution in [0.15, 0.2) is 6.08 Å². The maximum absolute atomic E-state index is 5.55. The van der Waals surface area contributed by atoms with Gasteiger partial charge in [-0.15, -0.1) is 0 Å². The highest BCUT2D eigenvalue weighted by Gasteiger charge is 1.99. The zero-order valence-corrected chi connectivity index (χ0v) is 9.28. The molecule has 0 radical (unpaired) electrons. The molecule has 0 amide bonds. The van der Waals surface area contributed by atoms with Gasteiger partial charge in [-0.25, -0.2) is 4.98 Å². The monoisotopic (exact) mass is 246 g/mol. The predicted molar refractivity (Wildman–Crippen MR) is 58.7 cm³/mol. The fourth-order valence-corrected chi connectivity index (χ4v) is 1.87. The molecule has 1 rings (SSSR count). The Hall–Kier alpha value is -0.350. The van der Waals surface area contributed by atoms with Crippen LogP contribution >= 0.6 is 27.3 Å². The molecule has 0 saturated heterocycles. The molecule has 1 heterocycles. The summed E-state index contributed by atoms with van der Waals surface area (Å²) in [5.41, 5.74) is 6.56. The van der Waals surface area contributed by atoms with Gasteiger partial charge in [-0.05, 0) is 19.4 Å². The lowest BCUT2D eigenvalue weighted by molar-refractivity contribution is 1.25. The van der Waals surface area contributed by atoms with Crippen LogP contribution in [0.1, 0.15) is 17.0 Å². The van der Waals surface area contributed by atoms with E-state index >= 15 is 0 Å². The van der Waals surface area contributed by atoms with E-state index in [2.05, 4.69) is 33.1 Å². The van der Waals surface area contributed by atoms with Crippen LogP contribution in [-0.2, 0) is 0 Å². The number of nitrogen functional groups attached to an aromatic ring is 1. The molecule has 0 aliphatic carbocycles. The highest BCUT2D eigenvalue weighted by Crippen LogP contribution is 2.20. The third-order valence-electron chi connectivity index (χ3n) is 1.39. The van der Waals surface area contributed by atoms with Crippen molar-refractivity contribution < 1.29 is 0 Å². The van der Waals surface area contributed by atoms with Crippen LogP contribution < -0.4 is 5.73 Å². The molecule has 0 aliphatic heterocycles. The minimum atomic E-state index is 0.644. The smallest absolute Gasteiger partial charge is 0.180 e. The number of alkyl halides is 1. The van der Waals surface area contributed by atoms with E-state index in [0.717, 1.165) is 22.3 Å². The molecule has 0 saturated carbocycles. The summed E-state index contributed by atoms with van der Waals surface area (Å²) in [6.45, 7) is 1.97. The van der Waals surface area contributed by atoms with Crippen LogP contribution in [0.2, 0.25) is 0 Å². The van der Waals surface area contributed by atoms with Crippen molar-refractivity contribution in [1.29, 1.82) is 0 Å². The Morgan fingerprint density at radius 1 is 1.67 bits per heavy atom. The number of halogens is 1. The molecule has 12 heavy (non-hydrogen) atoms. The van der Waals surface area contributed by atoms with Gasteiger partial charge in [0.25, 0.3) is 0 Å². The number of hydrogen-bond donors (Lipinski definition) is 1. The minimum Gasteiger partial charge on any atom is -0.375 e. The molecule has 1 aromatic rings. The first kappa shape index (κ1) is 9.74. The Kier molecular flexibility index (Phi) is 3.75. The number of nitrogens with two attached hydrogens (primary N) is 1. The number of allylic oxidation sites excluding steroid dienone is 1. The maximum Gasteiger partial charge on any atom is 0.180 e. The van der Waals surface area contributed by atoms with Crippen LogP contribution in [0.3, 0.4) is 0 Å². The first-order valence-electron chi connectivity index (χ1n) is 3.69. The highest BCUT2D eigenvalue weighted by atomic mass is 79.9. The Labute approximate surface area is 84.6 Å². The summed E-state index contributed by atoms with van der Waals surface area (Å²) < 4.78 is 0. The zero-order chi connectivity index (χ0) is 8.97. The first-order chi connectivity index (χ1) is 5.74. The van der Waals surface area contributed by atoms with Gasteiger partial charge < -0.3 is 5.73 Å². The molecule has 0 spiro atoms. The molecule has 2 N–H and O–H groups in total. The van der Waals surface area contributed by atoms with Crippen LogP contribution in [0.4, 0.5) is 5.13 Å². The lowest BCUT2D eigenvalue weighted by atomic mass is 10.3. The summed E-state index contributed by atoms with van der Waals surface area (Å²) in [6.07, 6.45) is 5.23. The number of hydrogen-bond acceptors (Lipinski definition) is 3. The number of aromatic nitrogens is 1. The number of anilines is 1. The van der Waals surface area contributed by atoms with E-state index in [0.29, 0.717) is 5.13 Å². The molecule has 0 bridgehead atoms. The minimum absolute atomic E-state index is 0.644. The van der Waals surface area contributed by atoms with Crippen LogP contribution in [0.5, 0.6) is 0 Å². The lowest BCUT2D eigenvalue weighted by Crippen LogP contribution is -1.80. The first-order valence-corrected chi connectivity index (χ1v) is 5.63. The quantitative estimate of drug-likeness (QED) is 0.834. The second kappa shape index (κ2) is 4.62. The van der Waals surface area contributed by atoms with Crippen molar-refractivity contribution in [3.63, 3.8) is 0 Å². The normalized spacial score (nSPS) is 11.2. The summed E-state index contributed by atoms with van der Waals surface area (Å²) in [4.78, 5) is 5.28. The molecule has 4 heteroatoms. The molecule has 0 aliphatic rings. The third-order valence-corrected chi connectivity index (χ3v) is 2.80. The Bertz CT molecular complexity index is 281. The van der Waals surface area contributed by atoms with E-state index in [4.69, 9.17) is 5.73 Å². The van der Waals surface area contributed by atoms with Crippen LogP contribution in [-0.4, -0.2) is 10.3 Å². The average Bonchev–Trinajstić information content (AvgIpc) is 2.31. The van der Waals surface area contributed by atoms with E-state index in [1.807, 2.05) is 6.92 Å². The van der Waals surface area contributed by atoms with Crippen LogP contribution in [0.25, 0.3) is 6.08 Å². The molecule has 0 aromatic carbocycles. The van der Waals surface area contributed by atoms with Crippen molar-refractivity contribution in [3.8, 4) is 0 Å². The van der Waals surface area contributed by atoms with E-state index in [-0.39, 0.29) is 0 Å². The van der Waals surface area contributed by atoms with Crippen molar-refractivity contribution in [1.82, 2.24) is 4.98 Å². The molecule has 0 atom stereocenters. The van der Waals surface area contributed by atoms with Crippen LogP contribution in [0, 0.1) is 6.92 Å². The summed E-state index contributed by atoms with van der Waals surface area (Å²) in [5.74, 6) is 0. The van der Waals surface area contributed by atoms with Gasteiger partial charge in [0.05, 0.1) is 10.6 Å².